The van der Waals surface area contributed by atoms with Crippen LogP contribution in [0.15, 0.2) is 60.7 Å². The van der Waals surface area contributed by atoms with Crippen LogP contribution in [-0.4, -0.2) is 23.2 Å². The summed E-state index contributed by atoms with van der Waals surface area (Å²) in [4.78, 5) is 12.2. The molecule has 0 aliphatic carbocycles. The number of amides is 1. The van der Waals surface area contributed by atoms with Gasteiger partial charge in [-0.25, -0.2) is 0 Å². The van der Waals surface area contributed by atoms with Crippen LogP contribution in [0.1, 0.15) is 22.8 Å². The van der Waals surface area contributed by atoms with Crippen LogP contribution in [0.5, 0.6) is 5.75 Å². The van der Waals surface area contributed by atoms with E-state index in [0.29, 0.717) is 22.9 Å². The molecule has 1 heterocycles. The van der Waals surface area contributed by atoms with Gasteiger partial charge in [-0.2, -0.15) is 0 Å². The number of anilines is 3. The first kappa shape index (κ1) is 17.4. The highest BCUT2D eigenvalue weighted by molar-refractivity contribution is 6.03. The molecule has 1 amide bonds. The highest BCUT2D eigenvalue weighted by Gasteiger charge is 2.08. The van der Waals surface area contributed by atoms with Gasteiger partial charge in [0.1, 0.15) is 5.75 Å². The normalized spacial score (nSPS) is 10.2. The Labute approximate surface area is 152 Å². The van der Waals surface area contributed by atoms with Crippen LogP contribution in [0.3, 0.4) is 0 Å². The first-order chi connectivity index (χ1) is 12.7. The van der Waals surface area contributed by atoms with E-state index in [9.17, 15) is 4.79 Å². The minimum absolute atomic E-state index is 0.251. The molecule has 6 heteroatoms. The van der Waals surface area contributed by atoms with Crippen molar-refractivity contribution in [3.63, 3.8) is 0 Å². The lowest BCUT2D eigenvalue weighted by molar-refractivity contribution is 0.102. The second-order valence-electron chi connectivity index (χ2n) is 5.62. The highest BCUT2D eigenvalue weighted by Crippen LogP contribution is 2.20. The molecule has 1 aromatic heterocycles. The molecule has 0 bridgehead atoms. The Kier molecular flexibility index (Phi) is 5.43. The fourth-order valence-corrected chi connectivity index (χ4v) is 2.49. The molecule has 0 fully saturated rings. The number of hydrogen-bond donors (Lipinski definition) is 2. The average molecular weight is 348 g/mol. The lowest BCUT2D eigenvalue weighted by Crippen LogP contribution is -2.13. The van der Waals surface area contributed by atoms with Crippen molar-refractivity contribution in [2.75, 3.05) is 17.7 Å². The quantitative estimate of drug-likeness (QED) is 0.703. The maximum Gasteiger partial charge on any atom is 0.256 e. The van der Waals surface area contributed by atoms with Crippen molar-refractivity contribution < 1.29 is 9.53 Å². The highest BCUT2D eigenvalue weighted by atomic mass is 16.5. The SMILES string of the molecule is CCc1ccccc1Nc1ccc(NC(=O)c2ccc(OC)cc2)nn1. The second kappa shape index (κ2) is 8.11. The van der Waals surface area contributed by atoms with E-state index in [2.05, 4.69) is 33.8 Å². The van der Waals surface area contributed by atoms with Crippen LogP contribution in [0.4, 0.5) is 17.3 Å². The number of benzene rings is 2. The molecule has 0 aliphatic rings. The molecule has 0 saturated carbocycles. The number of carbonyl (C=O) groups excluding carboxylic acids is 1. The van der Waals surface area contributed by atoms with Gasteiger partial charge in [0.15, 0.2) is 11.6 Å². The zero-order valence-corrected chi connectivity index (χ0v) is 14.7. The first-order valence-electron chi connectivity index (χ1n) is 8.33. The monoisotopic (exact) mass is 348 g/mol. The van der Waals surface area contributed by atoms with Crippen molar-refractivity contribution in [2.24, 2.45) is 0 Å². The van der Waals surface area contributed by atoms with E-state index in [1.54, 1.807) is 43.5 Å². The van der Waals surface area contributed by atoms with Gasteiger partial charge in [0.2, 0.25) is 0 Å². The Hall–Kier alpha value is -3.41. The molecule has 0 radical (unpaired) electrons. The van der Waals surface area contributed by atoms with Gasteiger partial charge < -0.3 is 15.4 Å². The Bertz CT molecular complexity index is 877. The summed E-state index contributed by atoms with van der Waals surface area (Å²) in [5, 5.41) is 14.2. The number of aryl methyl sites for hydroxylation is 1. The number of carbonyl (C=O) groups is 1. The molecule has 0 saturated heterocycles. The number of nitrogens with zero attached hydrogens (tertiary/aromatic N) is 2. The number of hydrogen-bond acceptors (Lipinski definition) is 5. The molecule has 3 aromatic rings. The third kappa shape index (κ3) is 4.16. The Balaban J connectivity index is 1.66. The van der Waals surface area contributed by atoms with Crippen molar-refractivity contribution in [2.45, 2.75) is 13.3 Å². The molecule has 3 rings (SSSR count). The summed E-state index contributed by atoms with van der Waals surface area (Å²) in [7, 11) is 1.58. The second-order valence-corrected chi connectivity index (χ2v) is 5.62. The standard InChI is InChI=1S/C20H20N4O2/c1-3-14-6-4-5-7-17(14)21-18-12-13-19(24-23-18)22-20(25)15-8-10-16(26-2)11-9-15/h4-13H,3H2,1-2H3,(H,21,23)(H,22,24,25). The van der Waals surface area contributed by atoms with Crippen LogP contribution < -0.4 is 15.4 Å². The molecule has 26 heavy (non-hydrogen) atoms. The topological polar surface area (TPSA) is 76.1 Å². The molecule has 6 nitrogen and oxygen atoms in total. The zero-order chi connectivity index (χ0) is 18.4. The minimum atomic E-state index is -0.251. The van der Waals surface area contributed by atoms with Crippen LogP contribution in [0.25, 0.3) is 0 Å². The predicted molar refractivity (Wildman–Crippen MR) is 102 cm³/mol. The van der Waals surface area contributed by atoms with Crippen molar-refractivity contribution in [1.82, 2.24) is 10.2 Å². The van der Waals surface area contributed by atoms with Crippen molar-refractivity contribution in [1.29, 1.82) is 0 Å². The van der Waals surface area contributed by atoms with Crippen molar-refractivity contribution in [3.8, 4) is 5.75 Å². The van der Waals surface area contributed by atoms with E-state index in [1.165, 1.54) is 5.56 Å². The Morgan fingerprint density at radius 2 is 1.65 bits per heavy atom. The number of methoxy groups -OCH3 is 1. The van der Waals surface area contributed by atoms with Gasteiger partial charge >= 0.3 is 0 Å². The molecule has 0 aliphatic heterocycles. The number of ether oxygens (including phenoxy) is 1. The van der Waals surface area contributed by atoms with Crippen molar-refractivity contribution in [3.05, 3.63) is 71.8 Å². The van der Waals surface area contributed by atoms with Crippen LogP contribution in [0, 0.1) is 0 Å². The number of rotatable bonds is 6. The molecular formula is C20H20N4O2. The summed E-state index contributed by atoms with van der Waals surface area (Å²) in [6.07, 6.45) is 0.923. The molecule has 0 atom stereocenters. The first-order valence-corrected chi connectivity index (χ1v) is 8.33. The lowest BCUT2D eigenvalue weighted by atomic mass is 10.1. The molecule has 0 spiro atoms. The molecule has 2 N–H and O–H groups in total. The lowest BCUT2D eigenvalue weighted by Gasteiger charge is -2.10. The maximum absolute atomic E-state index is 12.2. The number of aromatic nitrogens is 2. The minimum Gasteiger partial charge on any atom is -0.497 e. The maximum atomic E-state index is 12.2. The van der Waals surface area contributed by atoms with Crippen LogP contribution >= 0.6 is 0 Å². The van der Waals surface area contributed by atoms with Gasteiger partial charge in [0.05, 0.1) is 7.11 Å². The summed E-state index contributed by atoms with van der Waals surface area (Å²) in [5.74, 6) is 1.46. The van der Waals surface area contributed by atoms with E-state index in [-0.39, 0.29) is 5.91 Å². The van der Waals surface area contributed by atoms with Gasteiger partial charge in [-0.3, -0.25) is 4.79 Å². The predicted octanol–water partition coefficient (Wildman–Crippen LogP) is 4.04. The number of para-hydroxylation sites is 1. The largest absolute Gasteiger partial charge is 0.497 e. The summed E-state index contributed by atoms with van der Waals surface area (Å²) >= 11 is 0. The Morgan fingerprint density at radius 1 is 0.962 bits per heavy atom. The van der Waals surface area contributed by atoms with Gasteiger partial charge in [-0.05, 0) is 54.4 Å². The summed E-state index contributed by atoms with van der Waals surface area (Å²) in [5.41, 5.74) is 2.72. The third-order valence-electron chi connectivity index (χ3n) is 3.92. The van der Waals surface area contributed by atoms with Crippen molar-refractivity contribution >= 4 is 23.2 Å². The summed E-state index contributed by atoms with van der Waals surface area (Å²) < 4.78 is 5.08. The van der Waals surface area contributed by atoms with Crippen LogP contribution in [0.2, 0.25) is 0 Å². The van der Waals surface area contributed by atoms with E-state index in [1.807, 2.05) is 18.2 Å². The molecule has 132 valence electrons. The van der Waals surface area contributed by atoms with Gasteiger partial charge in [-0.1, -0.05) is 25.1 Å². The van der Waals surface area contributed by atoms with Gasteiger partial charge in [0.25, 0.3) is 5.91 Å². The third-order valence-corrected chi connectivity index (χ3v) is 3.92. The number of nitrogens with one attached hydrogen (secondary N) is 2. The van der Waals surface area contributed by atoms with E-state index in [0.717, 1.165) is 12.1 Å². The average Bonchev–Trinajstić information content (AvgIpc) is 2.70. The molecule has 2 aromatic carbocycles. The van der Waals surface area contributed by atoms with Gasteiger partial charge in [-0.15, -0.1) is 10.2 Å². The van der Waals surface area contributed by atoms with E-state index >= 15 is 0 Å². The Morgan fingerprint density at radius 3 is 2.31 bits per heavy atom. The molecule has 0 unspecified atom stereocenters. The fourth-order valence-electron chi connectivity index (χ4n) is 2.49. The fraction of sp³-hybridized carbons (Fsp3) is 0.150. The molecular weight excluding hydrogens is 328 g/mol. The summed E-state index contributed by atoms with van der Waals surface area (Å²) in [6, 6.07) is 18.4. The van der Waals surface area contributed by atoms with Gasteiger partial charge in [0, 0.05) is 11.3 Å². The zero-order valence-electron chi connectivity index (χ0n) is 14.7. The smallest absolute Gasteiger partial charge is 0.256 e. The van der Waals surface area contributed by atoms with Crippen LogP contribution in [-0.2, 0) is 6.42 Å². The summed E-state index contributed by atoms with van der Waals surface area (Å²) in [6.45, 7) is 2.10. The van der Waals surface area contributed by atoms with E-state index in [4.69, 9.17) is 4.74 Å². The van der Waals surface area contributed by atoms with E-state index < -0.39 is 0 Å².